The van der Waals surface area contributed by atoms with Gasteiger partial charge in [-0.25, -0.2) is 0 Å². The zero-order valence-corrected chi connectivity index (χ0v) is 18.5. The summed E-state index contributed by atoms with van der Waals surface area (Å²) < 4.78 is 2.43. The number of nitriles is 1. The minimum atomic E-state index is 0.715. The first-order valence-electron chi connectivity index (χ1n) is 11.3. The summed E-state index contributed by atoms with van der Waals surface area (Å²) in [6.45, 7) is 4.22. The Bertz CT molecular complexity index is 1920. The van der Waals surface area contributed by atoms with E-state index in [2.05, 4.69) is 97.1 Å². The fourth-order valence-electron chi connectivity index (χ4n) is 5.90. The summed E-state index contributed by atoms with van der Waals surface area (Å²) in [7, 11) is 0. The van der Waals surface area contributed by atoms with Gasteiger partial charge in [-0.1, -0.05) is 48.5 Å². The molecule has 0 aliphatic rings. The van der Waals surface area contributed by atoms with Crippen molar-refractivity contribution in [2.75, 3.05) is 0 Å². The van der Waals surface area contributed by atoms with E-state index >= 15 is 0 Å². The van der Waals surface area contributed by atoms with Gasteiger partial charge >= 0.3 is 0 Å². The molecule has 0 bridgehead atoms. The summed E-state index contributed by atoms with van der Waals surface area (Å²) in [5.41, 5.74) is 9.20. The zero-order valence-electron chi connectivity index (χ0n) is 18.5. The first-order chi connectivity index (χ1) is 16.2. The van der Waals surface area contributed by atoms with Crippen LogP contribution < -0.4 is 0 Å². The summed E-state index contributed by atoms with van der Waals surface area (Å²) in [4.78, 5) is 0. The number of fused-ring (bicyclic) bond motifs is 8. The molecule has 2 heterocycles. The number of benzene rings is 5. The predicted molar refractivity (Wildman–Crippen MR) is 138 cm³/mol. The van der Waals surface area contributed by atoms with Crippen LogP contribution in [0.4, 0.5) is 0 Å². The van der Waals surface area contributed by atoms with Crippen molar-refractivity contribution in [3.05, 3.63) is 102 Å². The van der Waals surface area contributed by atoms with Crippen molar-refractivity contribution in [1.29, 1.82) is 5.26 Å². The Balaban J connectivity index is 1.74. The maximum Gasteiger partial charge on any atom is 0.0991 e. The molecule has 2 aromatic heterocycles. The molecular weight excluding hydrogens is 400 g/mol. The molecule has 7 rings (SSSR count). The standard InChI is InChI=1S/C31H20N2/c1-18-13-20(17-32)14-19(2)29(18)22-15-25-24-9-5-6-10-27(24)33-28-12-11-21-7-3-4-8-23(21)30(28)26(16-22)31(25)33/h3-16H,1-2H3. The van der Waals surface area contributed by atoms with Crippen LogP contribution in [-0.2, 0) is 0 Å². The van der Waals surface area contributed by atoms with Gasteiger partial charge in [0.15, 0.2) is 0 Å². The van der Waals surface area contributed by atoms with Crippen LogP contribution in [0.1, 0.15) is 16.7 Å². The Morgan fingerprint density at radius 2 is 1.36 bits per heavy atom. The Kier molecular flexibility index (Phi) is 3.51. The lowest BCUT2D eigenvalue weighted by Gasteiger charge is -2.12. The molecule has 5 aromatic carbocycles. The number of hydrogen-bond donors (Lipinski definition) is 0. The molecule has 7 aromatic rings. The second-order valence-corrected chi connectivity index (χ2v) is 9.05. The smallest absolute Gasteiger partial charge is 0.0991 e. The quantitative estimate of drug-likeness (QED) is 0.263. The highest BCUT2D eigenvalue weighted by Crippen LogP contribution is 2.44. The topological polar surface area (TPSA) is 28.2 Å². The Labute approximate surface area is 191 Å². The van der Waals surface area contributed by atoms with Gasteiger partial charge in [0.1, 0.15) is 0 Å². The fraction of sp³-hybridized carbons (Fsp3) is 0.0645. The third-order valence-corrected chi connectivity index (χ3v) is 7.14. The predicted octanol–water partition coefficient (Wildman–Crippen LogP) is 8.15. The molecule has 0 atom stereocenters. The minimum absolute atomic E-state index is 0.715. The molecule has 2 heteroatoms. The van der Waals surface area contributed by atoms with Crippen LogP contribution >= 0.6 is 0 Å². The number of hydrogen-bond acceptors (Lipinski definition) is 1. The molecule has 0 unspecified atom stereocenters. The van der Waals surface area contributed by atoms with Gasteiger partial charge in [0.25, 0.3) is 0 Å². The number of para-hydroxylation sites is 1. The highest BCUT2D eigenvalue weighted by molar-refractivity contribution is 6.29. The summed E-state index contributed by atoms with van der Waals surface area (Å²) >= 11 is 0. The third kappa shape index (κ3) is 2.31. The number of rotatable bonds is 1. The van der Waals surface area contributed by atoms with E-state index in [0.717, 1.165) is 11.1 Å². The SMILES string of the molecule is Cc1cc(C#N)cc(C)c1-c1cc2c3ccccc3n3c4ccc5ccccc5c4c(c1)c23. The second kappa shape index (κ2) is 6.34. The molecule has 0 saturated heterocycles. The Morgan fingerprint density at radius 1 is 0.667 bits per heavy atom. The van der Waals surface area contributed by atoms with E-state index in [1.807, 2.05) is 12.1 Å². The van der Waals surface area contributed by atoms with Crippen molar-refractivity contribution >= 4 is 48.9 Å². The molecule has 0 aliphatic carbocycles. The molecule has 0 saturated carbocycles. The lowest BCUT2D eigenvalue weighted by molar-refractivity contribution is 1.35. The molecule has 0 aliphatic heterocycles. The average molecular weight is 421 g/mol. The molecule has 0 fully saturated rings. The normalized spacial score (nSPS) is 11.9. The molecule has 0 N–H and O–H groups in total. The number of nitrogens with zero attached hydrogens (tertiary/aromatic N) is 2. The first-order valence-corrected chi connectivity index (χ1v) is 11.3. The van der Waals surface area contributed by atoms with E-state index in [9.17, 15) is 5.26 Å². The minimum Gasteiger partial charge on any atom is -0.308 e. The fourth-order valence-corrected chi connectivity index (χ4v) is 5.90. The number of aryl methyl sites for hydroxylation is 2. The maximum absolute atomic E-state index is 9.43. The summed E-state index contributed by atoms with van der Waals surface area (Å²) in [6, 6.07) is 32.9. The third-order valence-electron chi connectivity index (χ3n) is 7.14. The van der Waals surface area contributed by atoms with Crippen molar-refractivity contribution in [1.82, 2.24) is 4.40 Å². The van der Waals surface area contributed by atoms with E-state index in [4.69, 9.17) is 0 Å². The van der Waals surface area contributed by atoms with Crippen LogP contribution in [0.5, 0.6) is 0 Å². The molecular formula is C31H20N2. The van der Waals surface area contributed by atoms with E-state index in [1.54, 1.807) is 0 Å². The van der Waals surface area contributed by atoms with Gasteiger partial charge in [0.05, 0.1) is 28.2 Å². The summed E-state index contributed by atoms with van der Waals surface area (Å²) in [5.74, 6) is 0. The maximum atomic E-state index is 9.43. The molecule has 33 heavy (non-hydrogen) atoms. The van der Waals surface area contributed by atoms with Gasteiger partial charge in [-0.05, 0) is 83.3 Å². The van der Waals surface area contributed by atoms with E-state index in [0.29, 0.717) is 5.56 Å². The van der Waals surface area contributed by atoms with Gasteiger partial charge in [0, 0.05) is 21.5 Å². The van der Waals surface area contributed by atoms with Gasteiger partial charge in [0.2, 0.25) is 0 Å². The monoisotopic (exact) mass is 420 g/mol. The van der Waals surface area contributed by atoms with Crippen LogP contribution in [0.3, 0.4) is 0 Å². The second-order valence-electron chi connectivity index (χ2n) is 9.05. The largest absolute Gasteiger partial charge is 0.308 e. The van der Waals surface area contributed by atoms with Crippen molar-refractivity contribution < 1.29 is 0 Å². The van der Waals surface area contributed by atoms with Gasteiger partial charge in [-0.15, -0.1) is 0 Å². The van der Waals surface area contributed by atoms with Gasteiger partial charge in [-0.2, -0.15) is 5.26 Å². The van der Waals surface area contributed by atoms with Crippen LogP contribution in [0.25, 0.3) is 60.0 Å². The van der Waals surface area contributed by atoms with E-state index in [-0.39, 0.29) is 0 Å². The van der Waals surface area contributed by atoms with E-state index < -0.39 is 0 Å². The van der Waals surface area contributed by atoms with E-state index in [1.165, 1.54) is 60.0 Å². The molecule has 0 amide bonds. The van der Waals surface area contributed by atoms with Gasteiger partial charge < -0.3 is 4.40 Å². The van der Waals surface area contributed by atoms with Crippen LogP contribution in [0, 0.1) is 25.2 Å². The lowest BCUT2D eigenvalue weighted by Crippen LogP contribution is -1.91. The van der Waals surface area contributed by atoms with Crippen molar-refractivity contribution in [3.63, 3.8) is 0 Å². The number of aromatic nitrogens is 1. The van der Waals surface area contributed by atoms with Crippen molar-refractivity contribution in [2.45, 2.75) is 13.8 Å². The highest BCUT2D eigenvalue weighted by atomic mass is 14.9. The van der Waals surface area contributed by atoms with Crippen LogP contribution in [-0.4, -0.2) is 4.40 Å². The Hall–Kier alpha value is -4.35. The Morgan fingerprint density at radius 3 is 2.15 bits per heavy atom. The summed E-state index contributed by atoms with van der Waals surface area (Å²) in [6.07, 6.45) is 0. The molecule has 0 spiro atoms. The first kappa shape index (κ1) is 18.2. The van der Waals surface area contributed by atoms with Crippen LogP contribution in [0.15, 0.2) is 84.9 Å². The molecule has 0 radical (unpaired) electrons. The average Bonchev–Trinajstić information content (AvgIpc) is 3.35. The van der Waals surface area contributed by atoms with Crippen LogP contribution in [0.2, 0.25) is 0 Å². The molecule has 154 valence electrons. The van der Waals surface area contributed by atoms with Crippen molar-refractivity contribution in [2.24, 2.45) is 0 Å². The van der Waals surface area contributed by atoms with Crippen molar-refractivity contribution in [3.8, 4) is 17.2 Å². The van der Waals surface area contributed by atoms with Gasteiger partial charge in [-0.3, -0.25) is 0 Å². The highest BCUT2D eigenvalue weighted by Gasteiger charge is 2.20. The summed E-state index contributed by atoms with van der Waals surface area (Å²) in [5, 5.41) is 17.1. The lowest BCUT2D eigenvalue weighted by atomic mass is 9.91. The molecule has 2 nitrogen and oxygen atoms in total. The zero-order chi connectivity index (χ0) is 22.3.